The highest BCUT2D eigenvalue weighted by Gasteiger charge is 2.28. The van der Waals surface area contributed by atoms with Crippen molar-refractivity contribution in [3.05, 3.63) is 33.4 Å². The van der Waals surface area contributed by atoms with E-state index in [0.717, 1.165) is 6.07 Å². The summed E-state index contributed by atoms with van der Waals surface area (Å²) in [4.78, 5) is 19.7. The molecule has 0 aliphatic heterocycles. The topological polar surface area (TPSA) is 94.3 Å². The molecular weight excluding hydrogens is 258 g/mol. The monoisotopic (exact) mass is 263 g/mol. The Morgan fingerprint density at radius 2 is 2.00 bits per heavy atom. The van der Waals surface area contributed by atoms with Crippen LogP contribution in [0, 0.1) is 17.0 Å². The number of carbonyl (C=O) groups excluding carboxylic acids is 1. The lowest BCUT2D eigenvalue weighted by Gasteiger charge is -2.03. The van der Waals surface area contributed by atoms with E-state index in [0.29, 0.717) is 5.56 Å². The number of nitro benzene ring substituents is 1. The summed E-state index contributed by atoms with van der Waals surface area (Å²) in [6.45, 7) is 1.50. The Morgan fingerprint density at radius 1 is 1.44 bits per heavy atom. The predicted octanol–water partition coefficient (Wildman–Crippen LogP) is 1.64. The first kappa shape index (κ1) is 12.6. The zero-order chi connectivity index (χ0) is 12.5. The van der Waals surface area contributed by atoms with Crippen molar-refractivity contribution in [2.24, 2.45) is 0 Å². The van der Waals surface area contributed by atoms with Crippen LogP contribution in [0.15, 0.2) is 17.0 Å². The minimum absolute atomic E-state index is 0.219. The summed E-state index contributed by atoms with van der Waals surface area (Å²) in [6, 6.07) is 2.27. The van der Waals surface area contributed by atoms with Crippen molar-refractivity contribution in [1.29, 1.82) is 0 Å². The first-order valence-electron chi connectivity index (χ1n) is 3.96. The van der Waals surface area contributed by atoms with E-state index in [4.69, 9.17) is 10.7 Å². The molecule has 0 aromatic heterocycles. The molecule has 0 bridgehead atoms. The summed E-state index contributed by atoms with van der Waals surface area (Å²) in [6.07, 6.45) is 0.219. The average Bonchev–Trinajstić information content (AvgIpc) is 2.14. The number of hydrogen-bond acceptors (Lipinski definition) is 5. The number of carbonyl (C=O) groups is 1. The van der Waals surface area contributed by atoms with Crippen molar-refractivity contribution in [3.8, 4) is 0 Å². The Balaban J connectivity index is 3.78. The minimum atomic E-state index is -4.26. The van der Waals surface area contributed by atoms with Gasteiger partial charge in [-0.1, -0.05) is 0 Å². The molecular formula is C8H6ClNO5S. The van der Waals surface area contributed by atoms with Gasteiger partial charge in [0.2, 0.25) is 0 Å². The van der Waals surface area contributed by atoms with Crippen molar-refractivity contribution >= 4 is 31.7 Å². The summed E-state index contributed by atoms with van der Waals surface area (Å²) in [7, 11) is 0.799. The first-order chi connectivity index (χ1) is 7.27. The molecule has 0 fully saturated rings. The SMILES string of the molecule is Cc1cc(C=O)c([N+](=O)[O-])c(S(=O)(=O)Cl)c1. The number of benzene rings is 1. The van der Waals surface area contributed by atoms with Crippen molar-refractivity contribution in [2.45, 2.75) is 11.8 Å². The molecule has 0 saturated heterocycles. The second-order valence-corrected chi connectivity index (χ2v) is 5.55. The van der Waals surface area contributed by atoms with Crippen LogP contribution in [0.4, 0.5) is 5.69 Å². The Hall–Kier alpha value is -1.47. The number of aldehydes is 1. The number of aryl methyl sites for hydroxylation is 1. The molecule has 0 unspecified atom stereocenters. The third-order valence-electron chi connectivity index (χ3n) is 1.82. The van der Waals surface area contributed by atoms with Crippen molar-refractivity contribution in [1.82, 2.24) is 0 Å². The fourth-order valence-corrected chi connectivity index (χ4v) is 2.35. The van der Waals surface area contributed by atoms with E-state index in [1.54, 1.807) is 0 Å². The molecule has 0 atom stereocenters. The zero-order valence-electron chi connectivity index (χ0n) is 8.01. The number of hydrogen-bond donors (Lipinski definition) is 0. The van der Waals surface area contributed by atoms with Crippen LogP contribution < -0.4 is 0 Å². The highest BCUT2D eigenvalue weighted by molar-refractivity contribution is 8.13. The largest absolute Gasteiger partial charge is 0.299 e. The molecule has 86 valence electrons. The van der Waals surface area contributed by atoms with E-state index in [9.17, 15) is 23.3 Å². The second kappa shape index (κ2) is 4.18. The van der Waals surface area contributed by atoms with Crippen LogP contribution >= 0.6 is 10.7 Å². The summed E-state index contributed by atoms with van der Waals surface area (Å²) < 4.78 is 22.2. The maximum Gasteiger partial charge on any atom is 0.299 e. The molecule has 0 heterocycles. The number of halogens is 1. The smallest absolute Gasteiger partial charge is 0.298 e. The summed E-state index contributed by atoms with van der Waals surface area (Å²) in [5, 5.41) is 10.7. The van der Waals surface area contributed by atoms with Gasteiger partial charge in [0.1, 0.15) is 0 Å². The van der Waals surface area contributed by atoms with Gasteiger partial charge in [0, 0.05) is 10.7 Å². The van der Waals surface area contributed by atoms with Gasteiger partial charge in [0.25, 0.3) is 14.7 Å². The molecule has 1 aromatic carbocycles. The van der Waals surface area contributed by atoms with Gasteiger partial charge in [-0.25, -0.2) is 8.42 Å². The Bertz CT molecular complexity index is 566. The zero-order valence-corrected chi connectivity index (χ0v) is 9.58. The van der Waals surface area contributed by atoms with E-state index in [1.807, 2.05) is 0 Å². The molecule has 0 aliphatic rings. The lowest BCUT2D eigenvalue weighted by atomic mass is 10.1. The van der Waals surface area contributed by atoms with E-state index in [1.165, 1.54) is 13.0 Å². The quantitative estimate of drug-likeness (QED) is 0.358. The van der Waals surface area contributed by atoms with Crippen molar-refractivity contribution in [3.63, 3.8) is 0 Å². The normalized spacial score (nSPS) is 11.1. The van der Waals surface area contributed by atoms with Crippen LogP contribution in [0.5, 0.6) is 0 Å². The van der Waals surface area contributed by atoms with Gasteiger partial charge in [-0.15, -0.1) is 0 Å². The summed E-state index contributed by atoms with van der Waals surface area (Å²) in [5.41, 5.74) is -0.716. The van der Waals surface area contributed by atoms with Gasteiger partial charge < -0.3 is 0 Å². The third kappa shape index (κ3) is 2.37. The lowest BCUT2D eigenvalue weighted by Crippen LogP contribution is -2.03. The van der Waals surface area contributed by atoms with Crippen LogP contribution in [0.1, 0.15) is 15.9 Å². The highest BCUT2D eigenvalue weighted by atomic mass is 35.7. The number of rotatable bonds is 3. The molecule has 0 amide bonds. The van der Waals surface area contributed by atoms with Crippen LogP contribution in [-0.4, -0.2) is 19.6 Å². The van der Waals surface area contributed by atoms with E-state index in [-0.39, 0.29) is 11.8 Å². The van der Waals surface area contributed by atoms with Crippen LogP contribution in [0.3, 0.4) is 0 Å². The molecule has 0 saturated carbocycles. The van der Waals surface area contributed by atoms with Crippen LogP contribution in [0.2, 0.25) is 0 Å². The maximum atomic E-state index is 11.1. The minimum Gasteiger partial charge on any atom is -0.298 e. The van der Waals surface area contributed by atoms with E-state index < -0.39 is 24.6 Å². The predicted molar refractivity (Wildman–Crippen MR) is 56.3 cm³/mol. The van der Waals surface area contributed by atoms with Gasteiger partial charge in [-0.05, 0) is 24.6 Å². The van der Waals surface area contributed by atoms with Crippen LogP contribution in [0.25, 0.3) is 0 Å². The molecule has 1 aromatic rings. The van der Waals surface area contributed by atoms with Crippen molar-refractivity contribution in [2.75, 3.05) is 0 Å². The third-order valence-corrected chi connectivity index (χ3v) is 3.16. The standard InChI is InChI=1S/C8H6ClNO5S/c1-5-2-6(4-11)8(10(12)13)7(3-5)16(9,14)15/h2-4H,1H3. The van der Waals surface area contributed by atoms with Gasteiger partial charge in [0.05, 0.1) is 10.5 Å². The Kier molecular flexibility index (Phi) is 3.30. The Morgan fingerprint density at radius 3 is 2.38 bits per heavy atom. The first-order valence-corrected chi connectivity index (χ1v) is 6.27. The molecule has 16 heavy (non-hydrogen) atoms. The number of nitro groups is 1. The lowest BCUT2D eigenvalue weighted by molar-refractivity contribution is -0.388. The van der Waals surface area contributed by atoms with Gasteiger partial charge in [0.15, 0.2) is 11.2 Å². The molecule has 0 radical (unpaired) electrons. The van der Waals surface area contributed by atoms with Crippen LogP contribution in [-0.2, 0) is 9.05 Å². The molecule has 0 aliphatic carbocycles. The molecule has 1 rings (SSSR count). The molecule has 8 heteroatoms. The van der Waals surface area contributed by atoms with E-state index in [2.05, 4.69) is 0 Å². The van der Waals surface area contributed by atoms with Gasteiger partial charge in [-0.3, -0.25) is 14.9 Å². The molecule has 0 N–H and O–H groups in total. The van der Waals surface area contributed by atoms with Crippen molar-refractivity contribution < 1.29 is 18.1 Å². The summed E-state index contributed by atoms with van der Waals surface area (Å²) >= 11 is 0. The Labute approximate surface area is 95.4 Å². The summed E-state index contributed by atoms with van der Waals surface area (Å²) in [5.74, 6) is 0. The molecule has 0 spiro atoms. The maximum absolute atomic E-state index is 11.1. The fraction of sp³-hybridized carbons (Fsp3) is 0.125. The van der Waals surface area contributed by atoms with Gasteiger partial charge in [-0.2, -0.15) is 0 Å². The second-order valence-electron chi connectivity index (χ2n) is 3.01. The highest BCUT2D eigenvalue weighted by Crippen LogP contribution is 2.30. The average molecular weight is 264 g/mol. The van der Waals surface area contributed by atoms with Gasteiger partial charge >= 0.3 is 0 Å². The fourth-order valence-electron chi connectivity index (χ4n) is 1.24. The molecule has 6 nitrogen and oxygen atoms in total. The van der Waals surface area contributed by atoms with E-state index >= 15 is 0 Å². The number of nitrogens with zero attached hydrogens (tertiary/aromatic N) is 1.